The Hall–Kier alpha value is -4.28. The van der Waals surface area contributed by atoms with Crippen LogP contribution in [0.15, 0.2) is 58.1 Å². The fourth-order valence-electron chi connectivity index (χ4n) is 2.85. The fraction of sp³-hybridized carbons (Fsp3) is 0.200. The van der Waals surface area contributed by atoms with Crippen LogP contribution in [-0.2, 0) is 11.3 Å². The fourth-order valence-corrected chi connectivity index (χ4v) is 2.85. The largest absolute Gasteiger partial charge is 0.476 e. The van der Waals surface area contributed by atoms with Crippen molar-refractivity contribution in [2.75, 3.05) is 19.1 Å². The monoisotopic (exact) mass is 425 g/mol. The lowest BCUT2D eigenvalue weighted by Crippen LogP contribution is -2.41. The number of carbonyl (C=O) groups excluding carboxylic acids is 1. The van der Waals surface area contributed by atoms with Crippen molar-refractivity contribution in [3.8, 4) is 11.6 Å². The molecule has 1 aromatic heterocycles. The highest BCUT2D eigenvalue weighted by atomic mass is 16.6. The summed E-state index contributed by atoms with van der Waals surface area (Å²) in [5, 5.41) is 14.8. The molecule has 0 aliphatic carbocycles. The van der Waals surface area contributed by atoms with Gasteiger partial charge in [0.2, 0.25) is 5.91 Å². The van der Waals surface area contributed by atoms with Crippen molar-refractivity contribution in [3.63, 3.8) is 0 Å². The molecule has 0 aliphatic rings. The first-order chi connectivity index (χ1) is 14.7. The molecule has 0 N–H and O–H groups in total. The summed E-state index contributed by atoms with van der Waals surface area (Å²) >= 11 is 0. The van der Waals surface area contributed by atoms with Crippen molar-refractivity contribution in [2.24, 2.45) is 0 Å². The Labute approximate surface area is 175 Å². The molecule has 0 atom stereocenters. The van der Waals surface area contributed by atoms with Crippen molar-refractivity contribution in [3.05, 3.63) is 85.0 Å². The summed E-state index contributed by atoms with van der Waals surface area (Å²) < 4.78 is 6.98. The number of methoxy groups -OCH3 is 1. The van der Waals surface area contributed by atoms with E-state index in [1.807, 2.05) is 0 Å². The van der Waals surface area contributed by atoms with E-state index in [9.17, 15) is 24.5 Å². The first-order valence-corrected chi connectivity index (χ1v) is 9.09. The lowest BCUT2D eigenvalue weighted by Gasteiger charge is -2.17. The molecule has 2 aromatic carbocycles. The molecule has 0 aliphatic heterocycles. The average molecular weight is 425 g/mol. The van der Waals surface area contributed by atoms with E-state index in [0.29, 0.717) is 16.9 Å². The van der Waals surface area contributed by atoms with Crippen LogP contribution >= 0.6 is 0 Å². The van der Waals surface area contributed by atoms with Gasteiger partial charge < -0.3 is 9.64 Å². The number of nitro benzene ring substituents is 1. The van der Waals surface area contributed by atoms with Crippen molar-refractivity contribution in [1.82, 2.24) is 14.3 Å². The molecule has 0 radical (unpaired) electrons. The molecule has 11 nitrogen and oxygen atoms in total. The summed E-state index contributed by atoms with van der Waals surface area (Å²) in [6.45, 7) is 1.27. The molecular formula is C20H19N5O6. The molecule has 31 heavy (non-hydrogen) atoms. The zero-order chi connectivity index (χ0) is 22.7. The van der Waals surface area contributed by atoms with Crippen LogP contribution in [0.2, 0.25) is 0 Å². The summed E-state index contributed by atoms with van der Waals surface area (Å²) in [4.78, 5) is 49.1. The number of nitrogens with zero attached hydrogens (tertiary/aromatic N) is 5. The molecule has 1 heterocycles. The number of aromatic nitrogens is 3. The van der Waals surface area contributed by atoms with Gasteiger partial charge >= 0.3 is 11.2 Å². The highest BCUT2D eigenvalue weighted by Crippen LogP contribution is 2.17. The standard InChI is InChI=1S/C20H19N5O6/c1-13(26)22(2)16-5-4-6-17(11-16)24-20(28)23(19(27)18(21-24)31-3)12-14-7-9-15(10-8-14)25(29)30/h4-11H,12H2,1-3H3. The third-order valence-corrected chi connectivity index (χ3v) is 4.65. The van der Waals surface area contributed by atoms with Crippen LogP contribution in [0.4, 0.5) is 11.4 Å². The number of rotatable bonds is 6. The van der Waals surface area contributed by atoms with Gasteiger partial charge in [0.15, 0.2) is 0 Å². The van der Waals surface area contributed by atoms with Crippen LogP contribution in [0.25, 0.3) is 5.69 Å². The van der Waals surface area contributed by atoms with E-state index in [2.05, 4.69) is 5.10 Å². The number of amides is 1. The Bertz CT molecular complexity index is 1260. The van der Waals surface area contributed by atoms with Gasteiger partial charge in [-0.05, 0) is 23.8 Å². The number of anilines is 1. The maximum Gasteiger partial charge on any atom is 0.352 e. The molecule has 0 bridgehead atoms. The minimum Gasteiger partial charge on any atom is -0.476 e. The van der Waals surface area contributed by atoms with Gasteiger partial charge in [0, 0.05) is 31.8 Å². The van der Waals surface area contributed by atoms with Crippen LogP contribution in [0.3, 0.4) is 0 Å². The first kappa shape index (κ1) is 21.4. The van der Waals surface area contributed by atoms with Gasteiger partial charge in [-0.25, -0.2) is 9.36 Å². The molecular weight excluding hydrogens is 406 g/mol. The normalized spacial score (nSPS) is 10.5. The molecule has 0 saturated heterocycles. The van der Waals surface area contributed by atoms with Gasteiger partial charge in [-0.2, -0.15) is 4.68 Å². The number of benzene rings is 2. The number of carbonyl (C=O) groups is 1. The molecule has 11 heteroatoms. The number of nitro groups is 1. The van der Waals surface area contributed by atoms with Gasteiger partial charge in [0.25, 0.3) is 11.6 Å². The lowest BCUT2D eigenvalue weighted by atomic mass is 10.2. The van der Waals surface area contributed by atoms with Crippen LogP contribution in [0.1, 0.15) is 12.5 Å². The minimum absolute atomic E-state index is 0.104. The SMILES string of the molecule is COc1nn(-c2cccc(N(C)C(C)=O)c2)c(=O)n(Cc2ccc([N+](=O)[O-])cc2)c1=O. The summed E-state index contributed by atoms with van der Waals surface area (Å²) in [7, 11) is 2.85. The Morgan fingerprint density at radius 1 is 1.19 bits per heavy atom. The second-order valence-corrected chi connectivity index (χ2v) is 6.62. The second-order valence-electron chi connectivity index (χ2n) is 6.62. The maximum atomic E-state index is 13.1. The van der Waals surface area contributed by atoms with E-state index in [1.54, 1.807) is 31.3 Å². The smallest absolute Gasteiger partial charge is 0.352 e. The number of non-ortho nitro benzene ring substituents is 1. The lowest BCUT2D eigenvalue weighted by molar-refractivity contribution is -0.384. The van der Waals surface area contributed by atoms with Crippen LogP contribution < -0.4 is 20.9 Å². The van der Waals surface area contributed by atoms with E-state index in [0.717, 1.165) is 9.25 Å². The average Bonchev–Trinajstić information content (AvgIpc) is 2.76. The van der Waals surface area contributed by atoms with Crippen molar-refractivity contribution >= 4 is 17.3 Å². The van der Waals surface area contributed by atoms with Gasteiger partial charge in [-0.1, -0.05) is 18.2 Å². The Morgan fingerprint density at radius 2 is 1.87 bits per heavy atom. The maximum absolute atomic E-state index is 13.1. The van der Waals surface area contributed by atoms with Crippen molar-refractivity contribution < 1.29 is 14.5 Å². The first-order valence-electron chi connectivity index (χ1n) is 9.09. The Morgan fingerprint density at radius 3 is 2.45 bits per heavy atom. The molecule has 3 rings (SSSR count). The predicted molar refractivity (Wildman–Crippen MR) is 112 cm³/mol. The predicted octanol–water partition coefficient (Wildman–Crippen LogP) is 1.34. The van der Waals surface area contributed by atoms with Gasteiger partial charge in [-0.3, -0.25) is 19.7 Å². The Kier molecular flexibility index (Phi) is 5.95. The number of ether oxygens (including phenoxy) is 1. The third kappa shape index (κ3) is 4.34. The molecule has 0 unspecified atom stereocenters. The summed E-state index contributed by atoms with van der Waals surface area (Å²) in [6.07, 6.45) is 0. The molecule has 0 fully saturated rings. The van der Waals surface area contributed by atoms with E-state index in [-0.39, 0.29) is 24.0 Å². The van der Waals surface area contributed by atoms with E-state index < -0.39 is 16.2 Å². The van der Waals surface area contributed by atoms with Crippen LogP contribution in [0, 0.1) is 10.1 Å². The summed E-state index contributed by atoms with van der Waals surface area (Å²) in [6, 6.07) is 12.0. The summed E-state index contributed by atoms with van der Waals surface area (Å²) in [5.74, 6) is -0.495. The molecule has 0 spiro atoms. The quantitative estimate of drug-likeness (QED) is 0.430. The Balaban J connectivity index is 2.11. The molecule has 160 valence electrons. The third-order valence-electron chi connectivity index (χ3n) is 4.65. The highest BCUT2D eigenvalue weighted by molar-refractivity contribution is 5.91. The van der Waals surface area contributed by atoms with Crippen LogP contribution in [0.5, 0.6) is 5.88 Å². The zero-order valence-electron chi connectivity index (χ0n) is 17.0. The molecule has 1 amide bonds. The second kappa shape index (κ2) is 8.61. The topological polar surface area (TPSA) is 130 Å². The van der Waals surface area contributed by atoms with E-state index in [4.69, 9.17) is 4.74 Å². The van der Waals surface area contributed by atoms with Crippen LogP contribution in [-0.4, -0.2) is 39.3 Å². The van der Waals surface area contributed by atoms with Crippen molar-refractivity contribution in [1.29, 1.82) is 0 Å². The highest BCUT2D eigenvalue weighted by Gasteiger charge is 2.17. The van der Waals surface area contributed by atoms with Gasteiger partial charge in [-0.15, -0.1) is 5.10 Å². The molecule has 0 saturated carbocycles. The van der Waals surface area contributed by atoms with E-state index in [1.165, 1.54) is 43.2 Å². The number of hydrogen-bond acceptors (Lipinski definition) is 7. The summed E-state index contributed by atoms with van der Waals surface area (Å²) in [5.41, 5.74) is -0.204. The van der Waals surface area contributed by atoms with Gasteiger partial charge in [0.1, 0.15) is 0 Å². The number of hydrogen-bond donors (Lipinski definition) is 0. The van der Waals surface area contributed by atoms with E-state index >= 15 is 0 Å². The minimum atomic E-state index is -0.737. The van der Waals surface area contributed by atoms with Gasteiger partial charge in [0.05, 0.1) is 24.3 Å². The van der Waals surface area contributed by atoms with Crippen molar-refractivity contribution in [2.45, 2.75) is 13.5 Å². The zero-order valence-corrected chi connectivity index (χ0v) is 17.0. The molecule has 3 aromatic rings.